The van der Waals surface area contributed by atoms with E-state index in [-0.39, 0.29) is 12.1 Å². The summed E-state index contributed by atoms with van der Waals surface area (Å²) in [4.78, 5) is 11.6. The number of rotatable bonds is 4. The fourth-order valence-corrected chi connectivity index (χ4v) is 1.80. The molecule has 1 saturated heterocycles. The number of ether oxygens (including phenoxy) is 2. The molecule has 0 aromatic rings. The minimum atomic E-state index is -0.0527. The first-order chi connectivity index (χ1) is 7.13. The van der Waals surface area contributed by atoms with Crippen LogP contribution in [0.3, 0.4) is 0 Å². The fourth-order valence-electron chi connectivity index (χ4n) is 1.80. The Labute approximate surface area is 92.1 Å². The number of hydrogen-bond acceptors (Lipinski definition) is 3. The first-order valence-electron chi connectivity index (χ1n) is 5.90. The third-order valence-corrected chi connectivity index (χ3v) is 3.15. The van der Waals surface area contributed by atoms with E-state index in [1.807, 2.05) is 13.8 Å². The Morgan fingerprint density at radius 1 is 1.60 bits per heavy atom. The van der Waals surface area contributed by atoms with E-state index in [1.165, 1.54) is 0 Å². The predicted octanol–water partition coefficient (Wildman–Crippen LogP) is 2.39. The zero-order valence-corrected chi connectivity index (χ0v) is 9.99. The molecule has 0 N–H and O–H groups in total. The van der Waals surface area contributed by atoms with Crippen LogP contribution in [-0.2, 0) is 14.3 Å². The Hall–Kier alpha value is -0.570. The summed E-state index contributed by atoms with van der Waals surface area (Å²) < 4.78 is 10.6. The van der Waals surface area contributed by atoms with Crippen molar-refractivity contribution in [2.24, 2.45) is 11.8 Å². The van der Waals surface area contributed by atoms with Gasteiger partial charge in [0, 0.05) is 19.6 Å². The summed E-state index contributed by atoms with van der Waals surface area (Å²) in [5, 5.41) is 0. The average Bonchev–Trinajstić information content (AvgIpc) is 2.21. The Balaban J connectivity index is 2.29. The van der Waals surface area contributed by atoms with Crippen LogP contribution in [0.2, 0.25) is 0 Å². The number of esters is 1. The lowest BCUT2D eigenvalue weighted by atomic mass is 9.87. The molecule has 1 rings (SSSR count). The molecule has 0 aromatic heterocycles. The topological polar surface area (TPSA) is 35.5 Å². The van der Waals surface area contributed by atoms with Crippen molar-refractivity contribution in [3.05, 3.63) is 0 Å². The zero-order valence-electron chi connectivity index (χ0n) is 9.99. The minimum absolute atomic E-state index is 0.0487. The molecule has 0 radical (unpaired) electrons. The van der Waals surface area contributed by atoms with Crippen molar-refractivity contribution < 1.29 is 14.3 Å². The quantitative estimate of drug-likeness (QED) is 0.674. The van der Waals surface area contributed by atoms with Crippen molar-refractivity contribution in [1.82, 2.24) is 0 Å². The van der Waals surface area contributed by atoms with Crippen LogP contribution in [0.4, 0.5) is 0 Å². The van der Waals surface area contributed by atoms with Crippen LogP contribution >= 0.6 is 0 Å². The van der Waals surface area contributed by atoms with Gasteiger partial charge in [0.2, 0.25) is 0 Å². The van der Waals surface area contributed by atoms with Crippen molar-refractivity contribution in [2.45, 2.75) is 46.1 Å². The normalized spacial score (nSPS) is 28.5. The van der Waals surface area contributed by atoms with Gasteiger partial charge < -0.3 is 9.47 Å². The molecule has 1 heterocycles. The fraction of sp³-hybridized carbons (Fsp3) is 0.917. The SMILES string of the molecule is CCC(C)OC(=O)CC1CCOCC1C. The summed E-state index contributed by atoms with van der Waals surface area (Å²) >= 11 is 0. The summed E-state index contributed by atoms with van der Waals surface area (Å²) in [7, 11) is 0. The van der Waals surface area contributed by atoms with Gasteiger partial charge >= 0.3 is 5.97 Å². The maximum Gasteiger partial charge on any atom is 0.306 e. The average molecular weight is 214 g/mol. The second-order valence-corrected chi connectivity index (χ2v) is 4.51. The first kappa shape index (κ1) is 12.5. The molecule has 0 spiro atoms. The van der Waals surface area contributed by atoms with Gasteiger partial charge in [0.25, 0.3) is 0 Å². The van der Waals surface area contributed by atoms with Crippen molar-refractivity contribution >= 4 is 5.97 Å². The van der Waals surface area contributed by atoms with E-state index >= 15 is 0 Å². The van der Waals surface area contributed by atoms with E-state index in [0.29, 0.717) is 18.3 Å². The van der Waals surface area contributed by atoms with E-state index in [1.54, 1.807) is 0 Å². The van der Waals surface area contributed by atoms with Crippen LogP contribution in [-0.4, -0.2) is 25.3 Å². The summed E-state index contributed by atoms with van der Waals surface area (Å²) in [6, 6.07) is 0. The Morgan fingerprint density at radius 3 is 2.93 bits per heavy atom. The second-order valence-electron chi connectivity index (χ2n) is 4.51. The van der Waals surface area contributed by atoms with Crippen LogP contribution in [0.15, 0.2) is 0 Å². The molecule has 0 amide bonds. The van der Waals surface area contributed by atoms with Crippen LogP contribution in [0.5, 0.6) is 0 Å². The van der Waals surface area contributed by atoms with Crippen LogP contribution in [0.1, 0.15) is 40.0 Å². The summed E-state index contributed by atoms with van der Waals surface area (Å²) in [5.74, 6) is 0.863. The van der Waals surface area contributed by atoms with Crippen molar-refractivity contribution in [3.63, 3.8) is 0 Å². The van der Waals surface area contributed by atoms with E-state index in [9.17, 15) is 4.79 Å². The van der Waals surface area contributed by atoms with Crippen LogP contribution in [0, 0.1) is 11.8 Å². The molecule has 3 atom stereocenters. The molecule has 1 aliphatic heterocycles. The van der Waals surface area contributed by atoms with E-state index in [2.05, 4.69) is 6.92 Å². The lowest BCUT2D eigenvalue weighted by Gasteiger charge is -2.28. The molecule has 0 bridgehead atoms. The highest BCUT2D eigenvalue weighted by atomic mass is 16.5. The molecule has 3 heteroatoms. The Morgan fingerprint density at radius 2 is 2.33 bits per heavy atom. The highest BCUT2D eigenvalue weighted by Gasteiger charge is 2.25. The molecular weight excluding hydrogens is 192 g/mol. The van der Waals surface area contributed by atoms with Crippen LogP contribution < -0.4 is 0 Å². The maximum absolute atomic E-state index is 11.6. The highest BCUT2D eigenvalue weighted by molar-refractivity contribution is 5.69. The molecule has 3 nitrogen and oxygen atoms in total. The number of carbonyl (C=O) groups excluding carboxylic acids is 1. The summed E-state index contributed by atoms with van der Waals surface area (Å²) in [5.41, 5.74) is 0. The standard InChI is InChI=1S/C12H22O3/c1-4-10(3)15-12(13)7-11-5-6-14-8-9(11)2/h9-11H,4-8H2,1-3H3. The molecule has 1 fully saturated rings. The van der Waals surface area contributed by atoms with Crippen molar-refractivity contribution in [3.8, 4) is 0 Å². The smallest absolute Gasteiger partial charge is 0.306 e. The minimum Gasteiger partial charge on any atom is -0.463 e. The largest absolute Gasteiger partial charge is 0.463 e. The van der Waals surface area contributed by atoms with Gasteiger partial charge in [-0.15, -0.1) is 0 Å². The van der Waals surface area contributed by atoms with E-state index < -0.39 is 0 Å². The lowest BCUT2D eigenvalue weighted by molar-refractivity contribution is -0.150. The van der Waals surface area contributed by atoms with Crippen LogP contribution in [0.25, 0.3) is 0 Å². The van der Waals surface area contributed by atoms with E-state index in [0.717, 1.165) is 26.1 Å². The van der Waals surface area contributed by atoms with Gasteiger partial charge in [0.15, 0.2) is 0 Å². The van der Waals surface area contributed by atoms with Gasteiger partial charge in [-0.05, 0) is 31.6 Å². The first-order valence-corrected chi connectivity index (χ1v) is 5.90. The molecule has 0 aliphatic carbocycles. The highest BCUT2D eigenvalue weighted by Crippen LogP contribution is 2.25. The Bertz CT molecular complexity index is 203. The van der Waals surface area contributed by atoms with Gasteiger partial charge in [-0.3, -0.25) is 4.79 Å². The van der Waals surface area contributed by atoms with Crippen molar-refractivity contribution in [2.75, 3.05) is 13.2 Å². The molecule has 88 valence electrons. The third kappa shape index (κ3) is 4.20. The van der Waals surface area contributed by atoms with Gasteiger partial charge in [-0.1, -0.05) is 13.8 Å². The zero-order chi connectivity index (χ0) is 11.3. The summed E-state index contributed by atoms with van der Waals surface area (Å²) in [6.07, 6.45) is 2.47. The monoisotopic (exact) mass is 214 g/mol. The van der Waals surface area contributed by atoms with Gasteiger partial charge in [-0.25, -0.2) is 0 Å². The predicted molar refractivity (Wildman–Crippen MR) is 58.6 cm³/mol. The lowest BCUT2D eigenvalue weighted by Crippen LogP contribution is -2.28. The van der Waals surface area contributed by atoms with Gasteiger partial charge in [0.1, 0.15) is 0 Å². The van der Waals surface area contributed by atoms with Crippen molar-refractivity contribution in [1.29, 1.82) is 0 Å². The molecule has 0 aromatic carbocycles. The molecule has 1 aliphatic rings. The molecular formula is C12H22O3. The van der Waals surface area contributed by atoms with E-state index in [4.69, 9.17) is 9.47 Å². The molecule has 15 heavy (non-hydrogen) atoms. The molecule has 3 unspecified atom stereocenters. The van der Waals surface area contributed by atoms with Gasteiger partial charge in [-0.2, -0.15) is 0 Å². The second kappa shape index (κ2) is 6.11. The maximum atomic E-state index is 11.6. The third-order valence-electron chi connectivity index (χ3n) is 3.15. The number of carbonyl (C=O) groups is 1. The summed E-state index contributed by atoms with van der Waals surface area (Å²) in [6.45, 7) is 7.66. The Kier molecular flexibility index (Phi) is 5.09. The number of hydrogen-bond donors (Lipinski definition) is 0. The molecule has 0 saturated carbocycles. The van der Waals surface area contributed by atoms with Gasteiger partial charge in [0.05, 0.1) is 6.10 Å².